The average molecular weight is 821 g/mol. The van der Waals surface area contributed by atoms with E-state index in [9.17, 15) is 23.2 Å². The Kier molecular flexibility index (Phi) is 17.2. The Morgan fingerprint density at radius 2 is 0.967 bits per heavy atom. The Hall–Kier alpha value is -7.23. The van der Waals surface area contributed by atoms with Crippen LogP contribution < -0.4 is 31.6 Å². The fourth-order valence-electron chi connectivity index (χ4n) is 4.87. The Labute approximate surface area is 346 Å². The monoisotopic (exact) mass is 820 g/mol. The molecular formula is C45H46F2N6O7. The van der Waals surface area contributed by atoms with Crippen LogP contribution in [0, 0.1) is 11.6 Å². The summed E-state index contributed by atoms with van der Waals surface area (Å²) < 4.78 is 42.0. The number of nitrogens with two attached hydrogens (primary N) is 2. The van der Waals surface area contributed by atoms with Crippen molar-refractivity contribution in [3.63, 3.8) is 0 Å². The quantitative estimate of drug-likeness (QED) is 0.0797. The largest absolute Gasteiger partial charge is 0.477 e. The van der Waals surface area contributed by atoms with E-state index in [2.05, 4.69) is 20.6 Å². The number of carboxylic acids is 1. The number of aromatic carboxylic acids is 1. The molecule has 13 nitrogen and oxygen atoms in total. The molecule has 2 aromatic heterocycles. The van der Waals surface area contributed by atoms with Gasteiger partial charge < -0.3 is 41.4 Å². The van der Waals surface area contributed by atoms with Gasteiger partial charge in [0.05, 0.1) is 11.4 Å². The lowest BCUT2D eigenvalue weighted by atomic mass is 10.1. The lowest BCUT2D eigenvalue weighted by molar-refractivity contribution is 0.0528. The van der Waals surface area contributed by atoms with Gasteiger partial charge in [0.2, 0.25) is 0 Å². The van der Waals surface area contributed by atoms with Gasteiger partial charge in [0.15, 0.2) is 0 Å². The first-order valence-corrected chi connectivity index (χ1v) is 18.6. The lowest BCUT2D eigenvalue weighted by Crippen LogP contribution is -2.35. The molecular weight excluding hydrogens is 775 g/mol. The summed E-state index contributed by atoms with van der Waals surface area (Å²) in [6.07, 6.45) is -0.414. The van der Waals surface area contributed by atoms with Crippen LogP contribution in [0.4, 0.5) is 13.6 Å². The molecule has 0 radical (unpaired) electrons. The summed E-state index contributed by atoms with van der Waals surface area (Å²) in [5, 5.41) is 14.2. The van der Waals surface area contributed by atoms with Crippen molar-refractivity contribution >= 4 is 18.0 Å². The zero-order valence-electron chi connectivity index (χ0n) is 33.2. The van der Waals surface area contributed by atoms with Crippen LogP contribution in [0.1, 0.15) is 41.7 Å². The van der Waals surface area contributed by atoms with Gasteiger partial charge in [-0.3, -0.25) is 4.79 Å². The van der Waals surface area contributed by atoms with Crippen molar-refractivity contribution in [3.05, 3.63) is 156 Å². The molecule has 6 rings (SSSR count). The van der Waals surface area contributed by atoms with Crippen molar-refractivity contribution in [2.75, 3.05) is 26.2 Å². The Morgan fingerprint density at radius 3 is 1.37 bits per heavy atom. The number of pyridine rings is 2. The number of hydrogen-bond acceptors (Lipinski definition) is 10. The number of ether oxygens (including phenoxy) is 3. The third-order valence-corrected chi connectivity index (χ3v) is 7.59. The highest BCUT2D eigenvalue weighted by Gasteiger charge is 2.15. The molecule has 0 unspecified atom stereocenters. The fraction of sp³-hybridized carbons (Fsp3) is 0.178. The molecule has 0 atom stereocenters. The Morgan fingerprint density at radius 1 is 0.583 bits per heavy atom. The molecule has 0 aliphatic rings. The fourth-order valence-corrected chi connectivity index (χ4v) is 4.87. The van der Waals surface area contributed by atoms with E-state index in [0.717, 1.165) is 11.1 Å². The maximum Gasteiger partial charge on any atom is 0.407 e. The highest BCUT2D eigenvalue weighted by molar-refractivity contribution is 5.92. The number of nitrogens with one attached hydrogen (secondary N) is 2. The summed E-state index contributed by atoms with van der Waals surface area (Å²) in [4.78, 5) is 42.2. The van der Waals surface area contributed by atoms with Gasteiger partial charge in [0, 0.05) is 37.3 Å². The summed E-state index contributed by atoms with van der Waals surface area (Å²) in [7, 11) is 0. The van der Waals surface area contributed by atoms with Crippen molar-refractivity contribution in [1.29, 1.82) is 0 Å². The minimum atomic E-state index is -1.07. The molecule has 0 saturated heterocycles. The molecule has 0 fully saturated rings. The molecule has 15 heteroatoms. The first-order valence-electron chi connectivity index (χ1n) is 18.6. The normalized spacial score (nSPS) is 10.4. The van der Waals surface area contributed by atoms with Gasteiger partial charge >= 0.3 is 12.1 Å². The molecule has 6 aromatic rings. The number of nitrogens with zero attached hydrogens (tertiary/aromatic N) is 2. The standard InChI is InChI=1S/C20H18FN3O2.C18H12FNO3.C7H16N2O2/c21-15-6-10-17(11-7-15)26-16-8-4-14(5-9-16)18-2-1-3-19(24-18)20(25)23-13-12-22;19-13-6-10-15(11-7-13)23-14-8-4-12(5-9-14)16-2-1-3-17(20-16)18(21)22;1-7(2,3)11-6(10)9-5-4-8/h1-11H,12-13,22H2,(H,23,25);1-11H,(H,21,22);4-5,8H2,1-3H3,(H,9,10). The minimum Gasteiger partial charge on any atom is -0.477 e. The van der Waals surface area contributed by atoms with Crippen molar-refractivity contribution in [2.45, 2.75) is 26.4 Å². The second kappa shape index (κ2) is 22.6. The second-order valence-corrected chi connectivity index (χ2v) is 13.5. The van der Waals surface area contributed by atoms with E-state index in [0.29, 0.717) is 66.3 Å². The maximum atomic E-state index is 12.9. The summed E-state index contributed by atoms with van der Waals surface area (Å²) in [5.74, 6) is 0.343. The Bertz CT molecular complexity index is 2290. The average Bonchev–Trinajstić information content (AvgIpc) is 3.24. The zero-order chi connectivity index (χ0) is 43.5. The summed E-state index contributed by atoms with van der Waals surface area (Å²) in [6, 6.07) is 36.0. The third kappa shape index (κ3) is 15.6. The maximum absolute atomic E-state index is 12.9. The molecule has 2 amide bonds. The molecule has 2 heterocycles. The van der Waals surface area contributed by atoms with Crippen LogP contribution in [0.25, 0.3) is 22.5 Å². The van der Waals surface area contributed by atoms with Crippen LogP contribution in [0.2, 0.25) is 0 Å². The summed E-state index contributed by atoms with van der Waals surface area (Å²) >= 11 is 0. The molecule has 4 aromatic carbocycles. The number of benzene rings is 4. The number of rotatable bonds is 12. The number of amides is 2. The number of carbonyl (C=O) groups is 3. The highest BCUT2D eigenvalue weighted by atomic mass is 19.1. The summed E-state index contributed by atoms with van der Waals surface area (Å²) in [6.45, 7) is 7.11. The second-order valence-electron chi connectivity index (χ2n) is 13.5. The smallest absolute Gasteiger partial charge is 0.407 e. The molecule has 7 N–H and O–H groups in total. The van der Waals surface area contributed by atoms with Crippen molar-refractivity contribution in [3.8, 4) is 45.5 Å². The van der Waals surface area contributed by atoms with E-state index in [1.807, 2.05) is 39.0 Å². The van der Waals surface area contributed by atoms with E-state index in [-0.39, 0.29) is 23.2 Å². The van der Waals surface area contributed by atoms with Crippen LogP contribution in [0.3, 0.4) is 0 Å². The molecule has 0 aliphatic carbocycles. The number of aromatic nitrogens is 2. The van der Waals surface area contributed by atoms with Gasteiger partial charge in [-0.15, -0.1) is 0 Å². The molecule has 0 saturated carbocycles. The molecule has 0 aliphatic heterocycles. The number of carboxylic acid groups (broad SMARTS) is 1. The minimum absolute atomic E-state index is 0.00543. The van der Waals surface area contributed by atoms with E-state index >= 15 is 0 Å². The molecule has 312 valence electrons. The SMILES string of the molecule is CC(C)(C)OC(=O)NCCN.NCCNC(=O)c1cccc(-c2ccc(Oc3ccc(F)cc3)cc2)n1.O=C(O)c1cccc(-c2ccc(Oc3ccc(F)cc3)cc2)n1. The zero-order valence-corrected chi connectivity index (χ0v) is 33.2. The molecule has 0 spiro atoms. The number of carbonyl (C=O) groups excluding carboxylic acids is 2. The van der Waals surface area contributed by atoms with E-state index < -0.39 is 17.7 Å². The predicted molar refractivity (Wildman–Crippen MR) is 224 cm³/mol. The van der Waals surface area contributed by atoms with E-state index in [1.165, 1.54) is 30.3 Å². The van der Waals surface area contributed by atoms with Gasteiger partial charge in [0.1, 0.15) is 51.6 Å². The summed E-state index contributed by atoms with van der Waals surface area (Å²) in [5.41, 5.74) is 13.3. The van der Waals surface area contributed by atoms with Crippen LogP contribution in [0.5, 0.6) is 23.0 Å². The Balaban J connectivity index is 0.000000215. The van der Waals surface area contributed by atoms with Crippen LogP contribution in [-0.4, -0.2) is 64.8 Å². The number of hydrogen-bond donors (Lipinski definition) is 5. The van der Waals surface area contributed by atoms with E-state index in [4.69, 9.17) is 30.8 Å². The predicted octanol–water partition coefficient (Wildman–Crippen LogP) is 8.22. The van der Waals surface area contributed by atoms with Crippen LogP contribution in [-0.2, 0) is 4.74 Å². The van der Waals surface area contributed by atoms with Crippen LogP contribution in [0.15, 0.2) is 133 Å². The van der Waals surface area contributed by atoms with Crippen LogP contribution >= 0.6 is 0 Å². The van der Waals surface area contributed by atoms with Gasteiger partial charge in [-0.1, -0.05) is 12.1 Å². The van der Waals surface area contributed by atoms with Gasteiger partial charge in [-0.05, 0) is 142 Å². The van der Waals surface area contributed by atoms with Gasteiger partial charge in [-0.25, -0.2) is 28.3 Å². The third-order valence-electron chi connectivity index (χ3n) is 7.59. The number of halogens is 2. The van der Waals surface area contributed by atoms with E-state index in [1.54, 1.807) is 84.9 Å². The molecule has 60 heavy (non-hydrogen) atoms. The topological polar surface area (TPSA) is 201 Å². The lowest BCUT2D eigenvalue weighted by Gasteiger charge is -2.19. The van der Waals surface area contributed by atoms with Gasteiger partial charge in [-0.2, -0.15) is 0 Å². The first kappa shape index (κ1) is 45.5. The van der Waals surface area contributed by atoms with Gasteiger partial charge in [0.25, 0.3) is 5.91 Å². The first-order chi connectivity index (χ1) is 28.7. The van der Waals surface area contributed by atoms with Crippen molar-refractivity contribution in [1.82, 2.24) is 20.6 Å². The number of alkyl carbamates (subject to hydrolysis) is 1. The highest BCUT2D eigenvalue weighted by Crippen LogP contribution is 2.27. The van der Waals surface area contributed by atoms with Crippen molar-refractivity contribution in [2.24, 2.45) is 11.5 Å². The van der Waals surface area contributed by atoms with Crippen molar-refractivity contribution < 1.29 is 42.5 Å². The molecule has 0 bridgehead atoms.